The van der Waals surface area contributed by atoms with Gasteiger partial charge in [0.2, 0.25) is 5.91 Å². The minimum Gasteiger partial charge on any atom is -0.396 e. The molecule has 0 aromatic heterocycles. The summed E-state index contributed by atoms with van der Waals surface area (Å²) in [5, 5.41) is 13.9. The zero-order valence-corrected chi connectivity index (χ0v) is 11.1. The fraction of sp³-hybridized carbons (Fsp3) is 0.312. The van der Waals surface area contributed by atoms with Crippen LogP contribution >= 0.6 is 0 Å². The van der Waals surface area contributed by atoms with Gasteiger partial charge in [-0.15, -0.1) is 0 Å². The lowest BCUT2D eigenvalue weighted by atomic mass is 10.0. The molecular weight excluding hydrogens is 238 g/mol. The predicted molar refractivity (Wildman–Crippen MR) is 77.1 cm³/mol. The second-order valence-electron chi connectivity index (χ2n) is 4.76. The van der Waals surface area contributed by atoms with Gasteiger partial charge in [0, 0.05) is 13.0 Å². The molecule has 1 amide bonds. The number of aliphatic hydroxyl groups is 1. The highest BCUT2D eigenvalue weighted by Gasteiger charge is 2.00. The first-order valence-electron chi connectivity index (χ1n) is 6.56. The molecule has 100 valence electrons. The van der Waals surface area contributed by atoms with E-state index >= 15 is 0 Å². The average molecular weight is 257 g/mol. The Morgan fingerprint density at radius 3 is 2.68 bits per heavy atom. The van der Waals surface area contributed by atoms with Crippen LogP contribution in [0.15, 0.2) is 36.4 Å². The number of carbonyl (C=O) groups is 1. The van der Waals surface area contributed by atoms with Crippen molar-refractivity contribution in [1.29, 1.82) is 0 Å². The highest BCUT2D eigenvalue weighted by atomic mass is 16.3. The van der Waals surface area contributed by atoms with Crippen molar-refractivity contribution in [1.82, 2.24) is 5.32 Å². The molecule has 3 nitrogen and oxygen atoms in total. The Morgan fingerprint density at radius 1 is 1.16 bits per heavy atom. The summed E-state index contributed by atoms with van der Waals surface area (Å²) in [7, 11) is 0. The maximum Gasteiger partial charge on any atom is 0.222 e. The molecule has 2 aromatic rings. The van der Waals surface area contributed by atoms with E-state index in [1.165, 1.54) is 21.9 Å². The number of amides is 1. The molecular formula is C16H19NO2. The average Bonchev–Trinajstić information content (AvgIpc) is 2.39. The first-order chi connectivity index (χ1) is 9.19. The molecule has 0 aliphatic rings. The van der Waals surface area contributed by atoms with Gasteiger partial charge in [-0.05, 0) is 29.7 Å². The minimum absolute atomic E-state index is 0.0961. The summed E-state index contributed by atoms with van der Waals surface area (Å²) >= 11 is 0. The lowest BCUT2D eigenvalue weighted by molar-refractivity contribution is -0.121. The fourth-order valence-corrected chi connectivity index (χ4v) is 2.11. The number of aryl methyl sites for hydroxylation is 1. The van der Waals surface area contributed by atoms with Crippen molar-refractivity contribution < 1.29 is 9.90 Å². The van der Waals surface area contributed by atoms with E-state index in [0.717, 1.165) is 6.42 Å². The number of benzene rings is 2. The van der Waals surface area contributed by atoms with Gasteiger partial charge in [0.25, 0.3) is 0 Å². The van der Waals surface area contributed by atoms with Crippen LogP contribution in [0.5, 0.6) is 0 Å². The van der Waals surface area contributed by atoms with Crippen LogP contribution in [-0.4, -0.2) is 24.2 Å². The van der Waals surface area contributed by atoms with Crippen LogP contribution in [0.1, 0.15) is 17.5 Å². The third-order valence-electron chi connectivity index (χ3n) is 3.13. The molecule has 0 spiro atoms. The smallest absolute Gasteiger partial charge is 0.222 e. The molecule has 0 heterocycles. The molecule has 0 radical (unpaired) electrons. The molecule has 2 rings (SSSR count). The van der Waals surface area contributed by atoms with Gasteiger partial charge in [-0.3, -0.25) is 4.79 Å². The molecule has 0 fully saturated rings. The predicted octanol–water partition coefficient (Wildman–Crippen LogP) is 2.19. The lowest BCUT2D eigenvalue weighted by Gasteiger charge is -2.06. The molecule has 0 atom stereocenters. The Hall–Kier alpha value is -1.87. The van der Waals surface area contributed by atoms with Crippen LogP contribution in [0.25, 0.3) is 10.8 Å². The van der Waals surface area contributed by atoms with Gasteiger partial charge in [0.1, 0.15) is 0 Å². The van der Waals surface area contributed by atoms with Gasteiger partial charge in [0.15, 0.2) is 0 Å². The van der Waals surface area contributed by atoms with Crippen LogP contribution in [0.3, 0.4) is 0 Å². The first-order valence-corrected chi connectivity index (χ1v) is 6.56. The summed E-state index contributed by atoms with van der Waals surface area (Å²) < 4.78 is 0. The topological polar surface area (TPSA) is 49.3 Å². The summed E-state index contributed by atoms with van der Waals surface area (Å²) in [6.07, 6.45) is 0.984. The Bertz CT molecular complexity index is 578. The van der Waals surface area contributed by atoms with Crippen molar-refractivity contribution in [3.05, 3.63) is 47.5 Å². The quantitative estimate of drug-likeness (QED) is 0.862. The Labute approximate surface area is 113 Å². The Balaban J connectivity index is 1.98. The number of rotatable bonds is 5. The zero-order chi connectivity index (χ0) is 13.7. The Kier molecular flexibility index (Phi) is 4.53. The van der Waals surface area contributed by atoms with Crippen molar-refractivity contribution in [2.75, 3.05) is 13.2 Å². The molecule has 0 unspecified atom stereocenters. The third-order valence-corrected chi connectivity index (χ3v) is 3.13. The van der Waals surface area contributed by atoms with Crippen LogP contribution in [0.2, 0.25) is 0 Å². The van der Waals surface area contributed by atoms with Crippen molar-refractivity contribution in [3.63, 3.8) is 0 Å². The molecule has 0 saturated carbocycles. The van der Waals surface area contributed by atoms with Gasteiger partial charge < -0.3 is 10.4 Å². The maximum atomic E-state index is 11.2. The number of hydrogen-bond acceptors (Lipinski definition) is 2. The zero-order valence-electron chi connectivity index (χ0n) is 11.1. The molecule has 0 saturated heterocycles. The van der Waals surface area contributed by atoms with Crippen LogP contribution in [0, 0.1) is 6.92 Å². The molecule has 2 aromatic carbocycles. The van der Waals surface area contributed by atoms with E-state index in [0.29, 0.717) is 6.54 Å². The summed E-state index contributed by atoms with van der Waals surface area (Å²) in [4.78, 5) is 11.2. The number of fused-ring (bicyclic) bond motifs is 1. The highest BCUT2D eigenvalue weighted by Crippen LogP contribution is 2.17. The summed E-state index contributed by atoms with van der Waals surface area (Å²) in [5.41, 5.74) is 2.47. The number of aliphatic hydroxyl groups excluding tert-OH is 1. The summed E-state index contributed by atoms with van der Waals surface area (Å²) in [5.74, 6) is -0.0982. The van der Waals surface area contributed by atoms with E-state index in [4.69, 9.17) is 5.11 Å². The third kappa shape index (κ3) is 3.80. The monoisotopic (exact) mass is 257 g/mol. The van der Waals surface area contributed by atoms with Crippen molar-refractivity contribution in [2.24, 2.45) is 0 Å². The number of carbonyl (C=O) groups excluding carboxylic acids is 1. The van der Waals surface area contributed by atoms with Gasteiger partial charge in [0.05, 0.1) is 6.61 Å². The second-order valence-corrected chi connectivity index (χ2v) is 4.76. The van der Waals surface area contributed by atoms with E-state index < -0.39 is 0 Å². The molecule has 0 aliphatic carbocycles. The Morgan fingerprint density at radius 2 is 1.89 bits per heavy atom. The largest absolute Gasteiger partial charge is 0.396 e. The van der Waals surface area contributed by atoms with Crippen LogP contribution < -0.4 is 5.32 Å². The molecule has 2 N–H and O–H groups in total. The number of nitrogens with one attached hydrogen (secondary N) is 1. The normalized spacial score (nSPS) is 10.6. The summed E-state index contributed by atoms with van der Waals surface area (Å²) in [6.45, 7) is 2.60. The number of hydrogen-bond donors (Lipinski definition) is 2. The maximum absolute atomic E-state index is 11.2. The van der Waals surface area contributed by atoms with Crippen molar-refractivity contribution >= 4 is 16.7 Å². The van der Waals surface area contributed by atoms with Crippen molar-refractivity contribution in [3.8, 4) is 0 Å². The first kappa shape index (κ1) is 13.6. The molecule has 0 aliphatic heterocycles. The van der Waals surface area contributed by atoms with Gasteiger partial charge in [-0.2, -0.15) is 0 Å². The van der Waals surface area contributed by atoms with E-state index in [9.17, 15) is 4.79 Å². The SMILES string of the molecule is Cc1ccc2cc(CCNC(=O)CCO)ccc2c1. The minimum atomic E-state index is -0.0982. The summed E-state index contributed by atoms with van der Waals surface area (Å²) in [6, 6.07) is 12.8. The van der Waals surface area contributed by atoms with Crippen LogP contribution in [-0.2, 0) is 11.2 Å². The van der Waals surface area contributed by atoms with E-state index in [-0.39, 0.29) is 18.9 Å². The highest BCUT2D eigenvalue weighted by molar-refractivity contribution is 5.83. The molecule has 3 heteroatoms. The van der Waals surface area contributed by atoms with Gasteiger partial charge >= 0.3 is 0 Å². The van der Waals surface area contributed by atoms with E-state index in [1.54, 1.807) is 0 Å². The lowest BCUT2D eigenvalue weighted by Crippen LogP contribution is -2.26. The van der Waals surface area contributed by atoms with E-state index in [1.807, 2.05) is 0 Å². The van der Waals surface area contributed by atoms with Crippen molar-refractivity contribution in [2.45, 2.75) is 19.8 Å². The molecule has 19 heavy (non-hydrogen) atoms. The van der Waals surface area contributed by atoms with E-state index in [2.05, 4.69) is 48.6 Å². The molecule has 0 bridgehead atoms. The standard InChI is InChI=1S/C16H19NO2/c1-12-2-4-15-11-13(3-5-14(15)10-12)6-8-17-16(19)7-9-18/h2-5,10-11,18H,6-9H2,1H3,(H,17,19). The van der Waals surface area contributed by atoms with Gasteiger partial charge in [-0.1, -0.05) is 42.0 Å². The van der Waals surface area contributed by atoms with Gasteiger partial charge in [-0.25, -0.2) is 0 Å². The fourth-order valence-electron chi connectivity index (χ4n) is 2.11. The van der Waals surface area contributed by atoms with Crippen LogP contribution in [0.4, 0.5) is 0 Å². The second kappa shape index (κ2) is 6.34.